The van der Waals surface area contributed by atoms with Crippen LogP contribution in [0, 0.1) is 5.92 Å². The van der Waals surface area contributed by atoms with Crippen LogP contribution in [0.2, 0.25) is 0 Å². The number of hydrogen-bond donors (Lipinski definition) is 1. The van der Waals surface area contributed by atoms with E-state index in [1.165, 1.54) is 0 Å². The van der Waals surface area contributed by atoms with Crippen LogP contribution >= 0.6 is 11.8 Å². The summed E-state index contributed by atoms with van der Waals surface area (Å²) in [6.45, 7) is 2.79. The van der Waals surface area contributed by atoms with Gasteiger partial charge in [0.15, 0.2) is 0 Å². The predicted molar refractivity (Wildman–Crippen MR) is 53.7 cm³/mol. The molecule has 1 N–H and O–H groups in total. The van der Waals surface area contributed by atoms with Crippen LogP contribution in [0.25, 0.3) is 0 Å². The van der Waals surface area contributed by atoms with Crippen molar-refractivity contribution in [3.8, 4) is 0 Å². The highest BCUT2D eigenvalue weighted by Crippen LogP contribution is 2.24. The molecule has 0 bridgehead atoms. The zero-order chi connectivity index (χ0) is 10.8. The molecule has 0 unspecified atom stereocenters. The first-order valence-corrected chi connectivity index (χ1v) is 5.79. The molecule has 0 aromatic heterocycles. The van der Waals surface area contributed by atoms with E-state index in [0.717, 1.165) is 18.4 Å². The van der Waals surface area contributed by atoms with Crippen molar-refractivity contribution in [3.05, 3.63) is 0 Å². The number of halogens is 2. The van der Waals surface area contributed by atoms with Crippen LogP contribution in [0.15, 0.2) is 0 Å². The molecular formula is C9H15F2NOS. The minimum atomic E-state index is -2.90. The Morgan fingerprint density at radius 2 is 2.21 bits per heavy atom. The summed E-state index contributed by atoms with van der Waals surface area (Å²) in [4.78, 5) is 11.2. The molecule has 82 valence electrons. The number of hydrogen-bond acceptors (Lipinski definition) is 2. The third-order valence-corrected chi connectivity index (χ3v) is 3.54. The second kappa shape index (κ2) is 4.47. The van der Waals surface area contributed by atoms with E-state index in [-0.39, 0.29) is 6.04 Å². The number of alkyl halides is 2. The van der Waals surface area contributed by atoms with Gasteiger partial charge in [0.05, 0.1) is 6.42 Å². The van der Waals surface area contributed by atoms with Gasteiger partial charge in [-0.15, -0.1) is 0 Å². The highest BCUT2D eigenvalue weighted by Gasteiger charge is 2.30. The molecule has 1 aliphatic heterocycles. The van der Waals surface area contributed by atoms with Gasteiger partial charge in [-0.25, -0.2) is 8.78 Å². The number of rotatable bonds is 3. The van der Waals surface area contributed by atoms with Crippen LogP contribution in [0.3, 0.4) is 0 Å². The maximum atomic E-state index is 12.5. The molecule has 2 nitrogen and oxygen atoms in total. The van der Waals surface area contributed by atoms with Crippen molar-refractivity contribution in [2.75, 3.05) is 11.5 Å². The lowest BCUT2D eigenvalue weighted by atomic mass is 10.1. The predicted octanol–water partition coefficient (Wildman–Crippen LogP) is 1.90. The molecule has 14 heavy (non-hydrogen) atoms. The van der Waals surface area contributed by atoms with Crippen LogP contribution in [-0.2, 0) is 4.79 Å². The Kier molecular flexibility index (Phi) is 3.75. The minimum absolute atomic E-state index is 0.0647. The molecule has 5 heteroatoms. The number of nitrogens with one attached hydrogen (secondary N) is 1. The molecule has 0 spiro atoms. The largest absolute Gasteiger partial charge is 0.352 e. The highest BCUT2D eigenvalue weighted by molar-refractivity contribution is 7.99. The van der Waals surface area contributed by atoms with Gasteiger partial charge in [0.25, 0.3) is 5.92 Å². The molecule has 0 saturated carbocycles. The second-order valence-corrected chi connectivity index (χ2v) is 5.01. The van der Waals surface area contributed by atoms with E-state index in [9.17, 15) is 13.6 Å². The molecule has 0 aromatic rings. The first kappa shape index (κ1) is 11.8. The van der Waals surface area contributed by atoms with Crippen LogP contribution in [0.4, 0.5) is 8.78 Å². The van der Waals surface area contributed by atoms with E-state index in [1.54, 1.807) is 11.8 Å². The maximum absolute atomic E-state index is 12.5. The number of amides is 1. The Labute approximate surface area is 86.8 Å². The average Bonchev–Trinajstić information content (AvgIpc) is 2.32. The van der Waals surface area contributed by atoms with Crippen molar-refractivity contribution >= 4 is 17.7 Å². The second-order valence-electron chi connectivity index (χ2n) is 3.94. The molecule has 1 heterocycles. The summed E-state index contributed by atoms with van der Waals surface area (Å²) in [6, 6.07) is 0.0647. The van der Waals surface area contributed by atoms with E-state index in [2.05, 4.69) is 5.32 Å². The Bertz CT molecular complexity index is 217. The van der Waals surface area contributed by atoms with Crippen LogP contribution < -0.4 is 5.32 Å². The van der Waals surface area contributed by atoms with Gasteiger partial charge in [0, 0.05) is 11.8 Å². The van der Waals surface area contributed by atoms with E-state index >= 15 is 0 Å². The van der Waals surface area contributed by atoms with Crippen molar-refractivity contribution in [3.63, 3.8) is 0 Å². The molecule has 1 rings (SSSR count). The summed E-state index contributed by atoms with van der Waals surface area (Å²) in [6.07, 6.45) is -0.707. The fourth-order valence-corrected chi connectivity index (χ4v) is 2.79. The van der Waals surface area contributed by atoms with E-state index in [0.29, 0.717) is 5.92 Å². The monoisotopic (exact) mass is 223 g/mol. The maximum Gasteiger partial charge on any atom is 0.254 e. The molecule has 1 saturated heterocycles. The van der Waals surface area contributed by atoms with Crippen LogP contribution in [-0.4, -0.2) is 29.4 Å². The van der Waals surface area contributed by atoms with E-state index in [1.807, 2.05) is 6.92 Å². The van der Waals surface area contributed by atoms with Gasteiger partial charge >= 0.3 is 0 Å². The summed E-state index contributed by atoms with van der Waals surface area (Å²) in [5.41, 5.74) is 0. The average molecular weight is 223 g/mol. The molecule has 0 aromatic carbocycles. The molecular weight excluding hydrogens is 208 g/mol. The van der Waals surface area contributed by atoms with Gasteiger partial charge in [-0.05, 0) is 18.6 Å². The standard InChI is InChI=1S/C9H15F2NOS/c1-6-4-14-5-7(6)12-8(13)3-9(2,10)11/h6-7H,3-5H2,1-2H3,(H,12,13)/t6-,7-/m0/s1. The summed E-state index contributed by atoms with van der Waals surface area (Å²) >= 11 is 1.75. The lowest BCUT2D eigenvalue weighted by Crippen LogP contribution is -2.40. The summed E-state index contributed by atoms with van der Waals surface area (Å²) in [5.74, 6) is -1.24. The Morgan fingerprint density at radius 1 is 1.57 bits per heavy atom. The zero-order valence-electron chi connectivity index (χ0n) is 8.35. The summed E-state index contributed by atoms with van der Waals surface area (Å²) < 4.78 is 25.0. The molecule has 2 atom stereocenters. The van der Waals surface area contributed by atoms with Crippen molar-refractivity contribution < 1.29 is 13.6 Å². The highest BCUT2D eigenvalue weighted by atomic mass is 32.2. The summed E-state index contributed by atoms with van der Waals surface area (Å²) in [7, 11) is 0. The smallest absolute Gasteiger partial charge is 0.254 e. The van der Waals surface area contributed by atoms with Crippen molar-refractivity contribution in [2.24, 2.45) is 5.92 Å². The quantitative estimate of drug-likeness (QED) is 0.791. The number of carbonyl (C=O) groups is 1. The van der Waals surface area contributed by atoms with Crippen molar-refractivity contribution in [1.29, 1.82) is 0 Å². The fraction of sp³-hybridized carbons (Fsp3) is 0.889. The lowest BCUT2D eigenvalue weighted by Gasteiger charge is -2.17. The van der Waals surface area contributed by atoms with E-state index in [4.69, 9.17) is 0 Å². The zero-order valence-corrected chi connectivity index (χ0v) is 9.16. The van der Waals surface area contributed by atoms with Crippen LogP contribution in [0.5, 0.6) is 0 Å². The van der Waals surface area contributed by atoms with Crippen molar-refractivity contribution in [1.82, 2.24) is 5.32 Å². The first-order chi connectivity index (χ1) is 6.38. The fourth-order valence-electron chi connectivity index (χ4n) is 1.38. The van der Waals surface area contributed by atoms with Gasteiger partial charge in [0.2, 0.25) is 5.91 Å². The van der Waals surface area contributed by atoms with Gasteiger partial charge in [-0.2, -0.15) is 11.8 Å². The molecule has 1 amide bonds. The molecule has 0 radical (unpaired) electrons. The van der Waals surface area contributed by atoms with Gasteiger partial charge < -0.3 is 5.32 Å². The van der Waals surface area contributed by atoms with Crippen molar-refractivity contribution in [2.45, 2.75) is 32.2 Å². The summed E-state index contributed by atoms with van der Waals surface area (Å²) in [5, 5.41) is 2.65. The first-order valence-electron chi connectivity index (χ1n) is 4.63. The Hall–Kier alpha value is -0.320. The normalized spacial score (nSPS) is 27.7. The molecule has 0 aliphatic carbocycles. The minimum Gasteiger partial charge on any atom is -0.352 e. The third kappa shape index (κ3) is 3.82. The van der Waals surface area contributed by atoms with Gasteiger partial charge in [-0.3, -0.25) is 4.79 Å². The van der Waals surface area contributed by atoms with E-state index < -0.39 is 18.3 Å². The SMILES string of the molecule is C[C@H]1CSC[C@@H]1NC(=O)CC(C)(F)F. The number of thioether (sulfide) groups is 1. The molecule has 1 aliphatic rings. The Balaban J connectivity index is 2.33. The topological polar surface area (TPSA) is 29.1 Å². The lowest BCUT2D eigenvalue weighted by molar-refractivity contribution is -0.128. The third-order valence-electron chi connectivity index (χ3n) is 2.18. The van der Waals surface area contributed by atoms with Crippen LogP contribution in [0.1, 0.15) is 20.3 Å². The Morgan fingerprint density at radius 3 is 2.64 bits per heavy atom. The van der Waals surface area contributed by atoms with Gasteiger partial charge in [-0.1, -0.05) is 6.92 Å². The molecule has 1 fully saturated rings. The number of carbonyl (C=O) groups excluding carboxylic acids is 1. The van der Waals surface area contributed by atoms with Gasteiger partial charge in [0.1, 0.15) is 0 Å².